The molecule has 4 nitrogen and oxygen atoms in total. The van der Waals surface area contributed by atoms with Crippen LogP contribution in [0.25, 0.3) is 22.3 Å². The molecule has 0 saturated heterocycles. The quantitative estimate of drug-likeness (QED) is 0.232. The maximum absolute atomic E-state index is 14.8. The molecule has 7 heteroatoms. The van der Waals surface area contributed by atoms with Crippen molar-refractivity contribution in [2.45, 2.75) is 13.5 Å². The molecule has 0 amide bonds. The summed E-state index contributed by atoms with van der Waals surface area (Å²) in [6.07, 6.45) is 0. The largest absolute Gasteiger partial charge is 0.508 e. The number of benzene rings is 4. The second-order valence-electron chi connectivity index (χ2n) is 7.70. The number of phenols is 1. The van der Waals surface area contributed by atoms with E-state index in [1.54, 1.807) is 6.07 Å². The first-order valence-corrected chi connectivity index (χ1v) is 10.8. The third-order valence-electron chi connectivity index (χ3n) is 5.36. The molecule has 0 bridgehead atoms. The van der Waals surface area contributed by atoms with Gasteiger partial charge in [0.25, 0.3) is 0 Å². The predicted molar refractivity (Wildman–Crippen MR) is 126 cm³/mol. The van der Waals surface area contributed by atoms with Crippen LogP contribution >= 0.6 is 0 Å². The summed E-state index contributed by atoms with van der Waals surface area (Å²) in [7, 11) is 0. The average Bonchev–Trinajstić information content (AvgIpc) is 2.86. The number of ether oxygens (including phenoxy) is 2. The Morgan fingerprint density at radius 1 is 0.800 bits per heavy atom. The molecule has 0 fully saturated rings. The molecule has 0 unspecified atom stereocenters. The van der Waals surface area contributed by atoms with Crippen molar-refractivity contribution in [1.29, 1.82) is 0 Å². The van der Waals surface area contributed by atoms with Gasteiger partial charge in [-0.1, -0.05) is 42.5 Å². The van der Waals surface area contributed by atoms with Gasteiger partial charge in [0, 0.05) is 17.7 Å². The second kappa shape index (κ2) is 10.4. The Labute approximate surface area is 200 Å². The van der Waals surface area contributed by atoms with Crippen molar-refractivity contribution in [3.8, 4) is 33.8 Å². The maximum Gasteiger partial charge on any atom is 0.343 e. The van der Waals surface area contributed by atoms with E-state index >= 15 is 0 Å². The fourth-order valence-corrected chi connectivity index (χ4v) is 3.52. The Balaban J connectivity index is 1.51. The molecule has 4 aromatic carbocycles. The topological polar surface area (TPSA) is 55.8 Å². The number of aromatic hydroxyl groups is 1. The van der Waals surface area contributed by atoms with E-state index in [0.29, 0.717) is 23.3 Å². The summed E-state index contributed by atoms with van der Waals surface area (Å²) in [6.45, 7) is 2.57. The van der Waals surface area contributed by atoms with Gasteiger partial charge in [0.05, 0.1) is 12.2 Å². The molecule has 0 spiro atoms. The molecule has 178 valence electrons. The van der Waals surface area contributed by atoms with Crippen LogP contribution in [0.4, 0.5) is 13.2 Å². The van der Waals surface area contributed by atoms with Gasteiger partial charge < -0.3 is 14.6 Å². The Hall–Kier alpha value is -4.10. The third-order valence-corrected chi connectivity index (χ3v) is 5.36. The van der Waals surface area contributed by atoms with Crippen LogP contribution in [0.1, 0.15) is 22.8 Å². The zero-order chi connectivity index (χ0) is 24.9. The van der Waals surface area contributed by atoms with Crippen LogP contribution in [0, 0.1) is 17.5 Å². The van der Waals surface area contributed by atoms with E-state index in [4.69, 9.17) is 9.47 Å². The summed E-state index contributed by atoms with van der Waals surface area (Å²) >= 11 is 0. The highest BCUT2D eigenvalue weighted by molar-refractivity contribution is 5.91. The van der Waals surface area contributed by atoms with E-state index in [1.807, 2.05) is 6.92 Å². The van der Waals surface area contributed by atoms with Gasteiger partial charge in [-0.3, -0.25) is 0 Å². The molecule has 0 aromatic heterocycles. The molecule has 1 N–H and O–H groups in total. The van der Waals surface area contributed by atoms with E-state index in [9.17, 15) is 23.1 Å². The molecular weight excluding hydrogens is 457 g/mol. The molecule has 0 aliphatic rings. The van der Waals surface area contributed by atoms with Crippen LogP contribution < -0.4 is 4.74 Å². The maximum atomic E-state index is 14.8. The van der Waals surface area contributed by atoms with Crippen LogP contribution in [-0.2, 0) is 11.3 Å². The number of halogens is 3. The Morgan fingerprint density at radius 2 is 1.37 bits per heavy atom. The number of esters is 1. The summed E-state index contributed by atoms with van der Waals surface area (Å²) in [4.78, 5) is 12.5. The zero-order valence-electron chi connectivity index (χ0n) is 18.7. The first-order valence-electron chi connectivity index (χ1n) is 10.8. The lowest BCUT2D eigenvalue weighted by Gasteiger charge is -2.10. The lowest BCUT2D eigenvalue weighted by molar-refractivity contribution is 0.0727. The third kappa shape index (κ3) is 5.36. The Morgan fingerprint density at radius 3 is 1.91 bits per heavy atom. The minimum absolute atomic E-state index is 0.0147. The van der Waals surface area contributed by atoms with Crippen LogP contribution in [0.15, 0.2) is 78.9 Å². The van der Waals surface area contributed by atoms with E-state index in [0.717, 1.165) is 0 Å². The summed E-state index contributed by atoms with van der Waals surface area (Å²) < 4.78 is 54.3. The number of carbonyl (C=O) groups is 1. The van der Waals surface area contributed by atoms with Gasteiger partial charge >= 0.3 is 5.97 Å². The Bertz CT molecular complexity index is 1350. The van der Waals surface area contributed by atoms with Crippen LogP contribution in [-0.4, -0.2) is 17.7 Å². The highest BCUT2D eigenvalue weighted by Crippen LogP contribution is 2.32. The fraction of sp³-hybridized carbons (Fsp3) is 0.107. The highest BCUT2D eigenvalue weighted by atomic mass is 19.2. The van der Waals surface area contributed by atoms with Crippen molar-refractivity contribution in [2.75, 3.05) is 6.61 Å². The smallest absolute Gasteiger partial charge is 0.343 e. The van der Waals surface area contributed by atoms with Gasteiger partial charge in [-0.05, 0) is 60.0 Å². The van der Waals surface area contributed by atoms with E-state index in [-0.39, 0.29) is 34.8 Å². The normalized spacial score (nSPS) is 10.9. The molecule has 0 saturated carbocycles. The number of carbonyl (C=O) groups excluding carboxylic acids is 1. The molecular formula is C28H21F3O4. The summed E-state index contributed by atoms with van der Waals surface area (Å²) in [5, 5.41) is 9.39. The van der Waals surface area contributed by atoms with Gasteiger partial charge in [-0.15, -0.1) is 0 Å². The molecule has 0 aliphatic heterocycles. The van der Waals surface area contributed by atoms with Gasteiger partial charge in [0.2, 0.25) is 0 Å². The van der Waals surface area contributed by atoms with Crippen LogP contribution in [0.3, 0.4) is 0 Å². The van der Waals surface area contributed by atoms with Crippen LogP contribution in [0.5, 0.6) is 11.5 Å². The molecule has 35 heavy (non-hydrogen) atoms. The first kappa shape index (κ1) is 24.0. The highest BCUT2D eigenvalue weighted by Gasteiger charge is 2.17. The molecule has 0 aliphatic carbocycles. The molecule has 4 aromatic rings. The average molecular weight is 478 g/mol. The number of rotatable bonds is 7. The lowest BCUT2D eigenvalue weighted by Crippen LogP contribution is -2.09. The van der Waals surface area contributed by atoms with Crippen molar-refractivity contribution >= 4 is 5.97 Å². The second-order valence-corrected chi connectivity index (χ2v) is 7.70. The molecule has 0 atom stereocenters. The van der Waals surface area contributed by atoms with Gasteiger partial charge in [0.1, 0.15) is 5.75 Å². The first-order chi connectivity index (χ1) is 16.9. The molecule has 0 heterocycles. The fourth-order valence-electron chi connectivity index (χ4n) is 3.52. The molecule has 0 radical (unpaired) electrons. The van der Waals surface area contributed by atoms with Crippen molar-refractivity contribution in [3.05, 3.63) is 107 Å². The number of phenolic OH excluding ortho intramolecular Hbond substituents is 1. The Kier molecular flexibility index (Phi) is 7.17. The number of hydrogen-bond acceptors (Lipinski definition) is 4. The van der Waals surface area contributed by atoms with Crippen molar-refractivity contribution in [3.63, 3.8) is 0 Å². The zero-order valence-corrected chi connectivity index (χ0v) is 18.7. The van der Waals surface area contributed by atoms with E-state index in [1.165, 1.54) is 72.8 Å². The van der Waals surface area contributed by atoms with Crippen molar-refractivity contribution in [1.82, 2.24) is 0 Å². The van der Waals surface area contributed by atoms with E-state index < -0.39 is 23.4 Å². The predicted octanol–water partition coefficient (Wildman–Crippen LogP) is 6.90. The summed E-state index contributed by atoms with van der Waals surface area (Å²) in [5.41, 5.74) is 1.57. The van der Waals surface area contributed by atoms with Crippen molar-refractivity contribution < 1.29 is 32.5 Å². The SMILES string of the molecule is CCOCc1ccc(OC(=O)c2ccc(-c3ccc(-c4ccc(O)cc4)c(F)c3F)cc2)c(F)c1. The van der Waals surface area contributed by atoms with Gasteiger partial charge in [-0.25, -0.2) is 18.0 Å². The standard InChI is InChI=1S/C28H21F3O4/c1-2-34-16-17-3-14-25(24(29)15-17)35-28(33)20-6-4-18(5-7-20)22-12-13-23(27(31)26(22)30)19-8-10-21(32)11-9-19/h3-15,32H,2,16H2,1H3. The van der Waals surface area contributed by atoms with Gasteiger partial charge in [0.15, 0.2) is 23.2 Å². The minimum atomic E-state index is -1.04. The van der Waals surface area contributed by atoms with Crippen LogP contribution in [0.2, 0.25) is 0 Å². The number of hydrogen-bond donors (Lipinski definition) is 1. The van der Waals surface area contributed by atoms with Gasteiger partial charge in [-0.2, -0.15) is 0 Å². The van der Waals surface area contributed by atoms with Crippen molar-refractivity contribution in [2.24, 2.45) is 0 Å². The monoisotopic (exact) mass is 478 g/mol. The van der Waals surface area contributed by atoms with E-state index in [2.05, 4.69) is 0 Å². The lowest BCUT2D eigenvalue weighted by atomic mass is 9.98. The summed E-state index contributed by atoms with van der Waals surface area (Å²) in [6, 6.07) is 18.5. The summed E-state index contributed by atoms with van der Waals surface area (Å²) in [5.74, 6) is -3.76. The molecule has 4 rings (SSSR count). The minimum Gasteiger partial charge on any atom is -0.508 e.